The summed E-state index contributed by atoms with van der Waals surface area (Å²) in [4.78, 5) is 0. The van der Waals surface area contributed by atoms with E-state index in [1.807, 2.05) is 7.11 Å². The zero-order chi connectivity index (χ0) is 14.6. The van der Waals surface area contributed by atoms with E-state index in [1.54, 1.807) is 0 Å². The third kappa shape index (κ3) is 4.73. The van der Waals surface area contributed by atoms with Gasteiger partial charge in [0.05, 0.1) is 0 Å². The molecular formula is C18H35NO. The Hall–Kier alpha value is -0.0800. The highest BCUT2D eigenvalue weighted by atomic mass is 16.5. The molecule has 2 nitrogen and oxygen atoms in total. The average Bonchev–Trinajstić information content (AvgIpc) is 3.17. The molecule has 2 unspecified atom stereocenters. The Morgan fingerprint density at radius 3 is 2.45 bits per heavy atom. The molecule has 0 radical (unpaired) electrons. The monoisotopic (exact) mass is 281 g/mol. The third-order valence-electron chi connectivity index (χ3n) is 5.75. The fourth-order valence-corrected chi connectivity index (χ4v) is 3.74. The van der Waals surface area contributed by atoms with E-state index in [4.69, 9.17) is 4.74 Å². The van der Waals surface area contributed by atoms with E-state index >= 15 is 0 Å². The maximum absolute atomic E-state index is 5.25. The lowest BCUT2D eigenvalue weighted by Gasteiger charge is -2.30. The molecule has 0 amide bonds. The van der Waals surface area contributed by atoms with Crippen molar-refractivity contribution in [1.29, 1.82) is 0 Å². The number of rotatable bonds is 6. The number of ether oxygens (including phenoxy) is 1. The van der Waals surface area contributed by atoms with Gasteiger partial charge in [-0.15, -0.1) is 0 Å². The first-order valence-electron chi connectivity index (χ1n) is 8.68. The summed E-state index contributed by atoms with van der Waals surface area (Å²) >= 11 is 0. The summed E-state index contributed by atoms with van der Waals surface area (Å²) in [6.07, 6.45) is 11.1. The minimum absolute atomic E-state index is 0.491. The highest BCUT2D eigenvalue weighted by Crippen LogP contribution is 2.48. The largest absolute Gasteiger partial charge is 0.385 e. The van der Waals surface area contributed by atoms with E-state index < -0.39 is 0 Å². The smallest absolute Gasteiger partial charge is 0.0468 e. The van der Waals surface area contributed by atoms with Crippen molar-refractivity contribution >= 4 is 0 Å². The number of hydrogen-bond acceptors (Lipinski definition) is 2. The topological polar surface area (TPSA) is 21.3 Å². The van der Waals surface area contributed by atoms with Gasteiger partial charge in [0.1, 0.15) is 0 Å². The molecule has 20 heavy (non-hydrogen) atoms. The second-order valence-electron chi connectivity index (χ2n) is 8.39. The van der Waals surface area contributed by atoms with Crippen LogP contribution < -0.4 is 5.32 Å². The second-order valence-corrected chi connectivity index (χ2v) is 8.39. The molecule has 0 aromatic heterocycles. The van der Waals surface area contributed by atoms with Crippen LogP contribution in [0.3, 0.4) is 0 Å². The molecule has 118 valence electrons. The van der Waals surface area contributed by atoms with E-state index in [1.165, 1.54) is 57.9 Å². The highest BCUT2D eigenvalue weighted by Gasteiger charge is 2.42. The Kier molecular flexibility index (Phi) is 5.53. The Balaban J connectivity index is 1.72. The van der Waals surface area contributed by atoms with E-state index in [-0.39, 0.29) is 0 Å². The minimum Gasteiger partial charge on any atom is -0.385 e. The molecule has 2 heteroatoms. The van der Waals surface area contributed by atoms with Crippen LogP contribution in [0.2, 0.25) is 0 Å². The zero-order valence-electron chi connectivity index (χ0n) is 14.1. The molecular weight excluding hydrogens is 246 g/mol. The van der Waals surface area contributed by atoms with Gasteiger partial charge < -0.3 is 10.1 Å². The van der Waals surface area contributed by atoms with Gasteiger partial charge in [0.2, 0.25) is 0 Å². The summed E-state index contributed by atoms with van der Waals surface area (Å²) in [6, 6.07) is 0.766. The lowest BCUT2D eigenvalue weighted by molar-refractivity contribution is 0.169. The van der Waals surface area contributed by atoms with Crippen molar-refractivity contribution in [2.75, 3.05) is 20.3 Å². The molecule has 0 saturated heterocycles. The zero-order valence-corrected chi connectivity index (χ0v) is 14.1. The molecule has 2 fully saturated rings. The Morgan fingerprint density at radius 1 is 1.10 bits per heavy atom. The van der Waals surface area contributed by atoms with Crippen molar-refractivity contribution in [3.8, 4) is 0 Å². The van der Waals surface area contributed by atoms with Gasteiger partial charge in [-0.2, -0.15) is 0 Å². The fourth-order valence-electron chi connectivity index (χ4n) is 3.74. The lowest BCUT2D eigenvalue weighted by atomic mass is 9.76. The molecule has 0 aromatic carbocycles. The van der Waals surface area contributed by atoms with Crippen molar-refractivity contribution in [1.82, 2.24) is 5.32 Å². The van der Waals surface area contributed by atoms with Crippen molar-refractivity contribution < 1.29 is 4.74 Å². The van der Waals surface area contributed by atoms with Crippen LogP contribution in [0.25, 0.3) is 0 Å². The molecule has 2 atom stereocenters. The van der Waals surface area contributed by atoms with Crippen LogP contribution in [0.1, 0.15) is 72.1 Å². The van der Waals surface area contributed by atoms with E-state index in [0.29, 0.717) is 10.8 Å². The average molecular weight is 281 g/mol. The molecule has 2 saturated carbocycles. The van der Waals surface area contributed by atoms with Crippen molar-refractivity contribution in [3.63, 3.8) is 0 Å². The van der Waals surface area contributed by atoms with Crippen LogP contribution in [0.4, 0.5) is 0 Å². The number of methoxy groups -OCH3 is 1. The molecule has 0 bridgehead atoms. The van der Waals surface area contributed by atoms with Crippen molar-refractivity contribution in [3.05, 3.63) is 0 Å². The first-order valence-corrected chi connectivity index (χ1v) is 8.68. The Bertz CT molecular complexity index is 290. The summed E-state index contributed by atoms with van der Waals surface area (Å²) in [5.41, 5.74) is 1.08. The first-order chi connectivity index (χ1) is 9.45. The van der Waals surface area contributed by atoms with E-state index in [0.717, 1.165) is 18.6 Å². The predicted molar refractivity (Wildman–Crippen MR) is 86.0 cm³/mol. The third-order valence-corrected chi connectivity index (χ3v) is 5.75. The molecule has 2 aliphatic carbocycles. The first kappa shape index (κ1) is 16.3. The van der Waals surface area contributed by atoms with Crippen LogP contribution in [-0.4, -0.2) is 26.3 Å². The summed E-state index contributed by atoms with van der Waals surface area (Å²) in [6.45, 7) is 9.39. The van der Waals surface area contributed by atoms with Crippen LogP contribution in [0, 0.1) is 16.7 Å². The van der Waals surface area contributed by atoms with Gasteiger partial charge in [0, 0.05) is 26.3 Å². The standard InChI is InChI=1S/C18H35NO/c1-17(2,3)15-6-5-7-16(9-8-15)19-14-18(10-11-18)12-13-20-4/h15-16,19H,5-14H2,1-4H3. The summed E-state index contributed by atoms with van der Waals surface area (Å²) in [7, 11) is 1.82. The summed E-state index contributed by atoms with van der Waals surface area (Å²) in [5.74, 6) is 0.915. The minimum atomic E-state index is 0.491. The van der Waals surface area contributed by atoms with Crippen LogP contribution in [-0.2, 0) is 4.74 Å². The maximum atomic E-state index is 5.25. The summed E-state index contributed by atoms with van der Waals surface area (Å²) in [5, 5.41) is 3.89. The van der Waals surface area contributed by atoms with Crippen molar-refractivity contribution in [2.45, 2.75) is 78.2 Å². The quantitative estimate of drug-likeness (QED) is 0.729. The lowest BCUT2D eigenvalue weighted by Crippen LogP contribution is -2.34. The fraction of sp³-hybridized carbons (Fsp3) is 1.00. The maximum Gasteiger partial charge on any atom is 0.0468 e. The molecule has 0 aliphatic heterocycles. The number of nitrogens with one attached hydrogen (secondary N) is 1. The molecule has 1 N–H and O–H groups in total. The predicted octanol–water partition coefficient (Wildman–Crippen LogP) is 4.39. The van der Waals surface area contributed by atoms with Crippen LogP contribution in [0.5, 0.6) is 0 Å². The van der Waals surface area contributed by atoms with Crippen LogP contribution >= 0.6 is 0 Å². The van der Waals surface area contributed by atoms with Gasteiger partial charge in [-0.1, -0.05) is 27.2 Å². The molecule has 0 spiro atoms. The molecule has 0 heterocycles. The Labute approximate surface area is 126 Å². The summed E-state index contributed by atoms with van der Waals surface area (Å²) < 4.78 is 5.25. The van der Waals surface area contributed by atoms with Gasteiger partial charge in [-0.25, -0.2) is 0 Å². The van der Waals surface area contributed by atoms with Crippen molar-refractivity contribution in [2.24, 2.45) is 16.7 Å². The Morgan fingerprint density at radius 2 is 1.85 bits per heavy atom. The molecule has 2 aliphatic rings. The number of hydrogen-bond donors (Lipinski definition) is 1. The highest BCUT2D eigenvalue weighted by molar-refractivity contribution is 4.95. The molecule has 2 rings (SSSR count). The SMILES string of the molecule is COCCC1(CNC2CCCC(C(C)(C)C)CC2)CC1. The van der Waals surface area contributed by atoms with Gasteiger partial charge >= 0.3 is 0 Å². The van der Waals surface area contributed by atoms with Gasteiger partial charge in [-0.3, -0.25) is 0 Å². The van der Waals surface area contributed by atoms with Gasteiger partial charge in [0.25, 0.3) is 0 Å². The van der Waals surface area contributed by atoms with E-state index in [2.05, 4.69) is 26.1 Å². The van der Waals surface area contributed by atoms with Gasteiger partial charge in [0.15, 0.2) is 0 Å². The second kappa shape index (κ2) is 6.79. The van der Waals surface area contributed by atoms with Crippen LogP contribution in [0.15, 0.2) is 0 Å². The molecule has 0 aromatic rings. The normalized spacial score (nSPS) is 30.0. The van der Waals surface area contributed by atoms with Gasteiger partial charge in [-0.05, 0) is 61.7 Å². The van der Waals surface area contributed by atoms with E-state index in [9.17, 15) is 0 Å².